The lowest BCUT2D eigenvalue weighted by atomic mass is 9.95. The van der Waals surface area contributed by atoms with Crippen molar-refractivity contribution in [3.05, 3.63) is 15.6 Å². The van der Waals surface area contributed by atoms with Gasteiger partial charge in [-0.3, -0.25) is 9.69 Å². The zero-order valence-electron chi connectivity index (χ0n) is 14.3. The van der Waals surface area contributed by atoms with Crippen molar-refractivity contribution >= 4 is 17.2 Å². The van der Waals surface area contributed by atoms with Crippen LogP contribution in [0.3, 0.4) is 0 Å². The van der Waals surface area contributed by atoms with Crippen molar-refractivity contribution in [2.75, 3.05) is 26.2 Å². The molecule has 4 aliphatic rings. The van der Waals surface area contributed by atoms with Gasteiger partial charge < -0.3 is 4.90 Å². The summed E-state index contributed by atoms with van der Waals surface area (Å²) >= 11 is 1.68. The van der Waals surface area contributed by atoms with Crippen molar-refractivity contribution in [3.63, 3.8) is 0 Å². The minimum absolute atomic E-state index is 0.307. The molecule has 5 heteroatoms. The Morgan fingerprint density at radius 3 is 2.70 bits per heavy atom. The van der Waals surface area contributed by atoms with E-state index >= 15 is 0 Å². The molecule has 4 fully saturated rings. The minimum Gasteiger partial charge on any atom is -0.340 e. The summed E-state index contributed by atoms with van der Waals surface area (Å²) in [6.45, 7) is 8.44. The fourth-order valence-electron chi connectivity index (χ4n) is 4.23. The highest BCUT2D eigenvalue weighted by Crippen LogP contribution is 2.35. The van der Waals surface area contributed by atoms with Crippen molar-refractivity contribution < 1.29 is 4.79 Å². The summed E-state index contributed by atoms with van der Waals surface area (Å²) < 4.78 is 0. The Balaban J connectivity index is 1.42. The first-order valence-electron chi connectivity index (χ1n) is 9.03. The molecule has 0 unspecified atom stereocenters. The average Bonchev–Trinajstić information content (AvgIpc) is 3.29. The number of nitrogens with zero attached hydrogens (tertiary/aromatic N) is 3. The van der Waals surface area contributed by atoms with Gasteiger partial charge in [0.2, 0.25) is 5.91 Å². The van der Waals surface area contributed by atoms with Gasteiger partial charge in [-0.05, 0) is 51.4 Å². The van der Waals surface area contributed by atoms with E-state index in [0.29, 0.717) is 24.3 Å². The predicted octanol–water partition coefficient (Wildman–Crippen LogP) is 2.64. The van der Waals surface area contributed by atoms with E-state index in [1.54, 1.807) is 11.3 Å². The monoisotopic (exact) mass is 333 g/mol. The van der Waals surface area contributed by atoms with Crippen LogP contribution >= 0.6 is 11.3 Å². The molecule has 0 spiro atoms. The van der Waals surface area contributed by atoms with E-state index in [-0.39, 0.29) is 0 Å². The molecule has 0 aromatic carbocycles. The third-order valence-corrected chi connectivity index (χ3v) is 6.75. The molecule has 23 heavy (non-hydrogen) atoms. The van der Waals surface area contributed by atoms with Crippen molar-refractivity contribution in [1.29, 1.82) is 0 Å². The van der Waals surface area contributed by atoms with E-state index in [2.05, 4.69) is 14.8 Å². The SMILES string of the molecule is Cc1nc(C)c(CC(=O)N2C[C@H]3CC[C@@H](C2)N(CC2CC2)C3)s1. The summed E-state index contributed by atoms with van der Waals surface area (Å²) in [4.78, 5) is 23.3. The molecule has 0 N–H and O–H groups in total. The number of thiazole rings is 1. The quantitative estimate of drug-likeness (QED) is 0.850. The average molecular weight is 334 g/mol. The normalized spacial score (nSPS) is 28.2. The summed E-state index contributed by atoms with van der Waals surface area (Å²) in [6, 6.07) is 0.600. The lowest BCUT2D eigenvalue weighted by molar-refractivity contribution is -0.130. The molecule has 1 aromatic heterocycles. The summed E-state index contributed by atoms with van der Waals surface area (Å²) in [5.41, 5.74) is 1.04. The number of fused-ring (bicyclic) bond motifs is 4. The van der Waals surface area contributed by atoms with Crippen LogP contribution in [0, 0.1) is 25.7 Å². The van der Waals surface area contributed by atoms with E-state index in [1.165, 1.54) is 38.8 Å². The van der Waals surface area contributed by atoms with Gasteiger partial charge in [0, 0.05) is 37.1 Å². The number of hydrogen-bond donors (Lipinski definition) is 0. The largest absolute Gasteiger partial charge is 0.340 e. The van der Waals surface area contributed by atoms with Crippen LogP contribution in [0.2, 0.25) is 0 Å². The third kappa shape index (κ3) is 3.45. The molecule has 4 heterocycles. The molecule has 1 amide bonds. The number of hydrogen-bond acceptors (Lipinski definition) is 4. The molecule has 2 bridgehead atoms. The number of amides is 1. The Hall–Kier alpha value is -0.940. The number of piperidine rings is 1. The molecule has 3 aliphatic heterocycles. The van der Waals surface area contributed by atoms with Gasteiger partial charge in [-0.25, -0.2) is 4.98 Å². The van der Waals surface area contributed by atoms with E-state index in [4.69, 9.17) is 0 Å². The van der Waals surface area contributed by atoms with Gasteiger partial charge in [0.15, 0.2) is 0 Å². The van der Waals surface area contributed by atoms with Crippen molar-refractivity contribution in [1.82, 2.24) is 14.8 Å². The topological polar surface area (TPSA) is 36.4 Å². The Labute approximate surface area is 142 Å². The van der Waals surface area contributed by atoms with Gasteiger partial charge >= 0.3 is 0 Å². The van der Waals surface area contributed by atoms with E-state index in [9.17, 15) is 4.79 Å². The van der Waals surface area contributed by atoms with E-state index in [0.717, 1.165) is 34.6 Å². The molecule has 126 valence electrons. The number of carbonyl (C=O) groups excluding carboxylic acids is 1. The van der Waals surface area contributed by atoms with Gasteiger partial charge in [0.05, 0.1) is 17.1 Å². The molecule has 4 nitrogen and oxygen atoms in total. The van der Waals surface area contributed by atoms with Crippen LogP contribution in [-0.4, -0.2) is 52.9 Å². The fraction of sp³-hybridized carbons (Fsp3) is 0.778. The van der Waals surface area contributed by atoms with Crippen molar-refractivity contribution in [3.8, 4) is 0 Å². The second-order valence-electron chi connectivity index (χ2n) is 7.71. The van der Waals surface area contributed by atoms with Gasteiger partial charge in [-0.1, -0.05) is 0 Å². The first kappa shape index (κ1) is 15.6. The fourth-order valence-corrected chi connectivity index (χ4v) is 5.15. The van der Waals surface area contributed by atoms with Gasteiger partial charge in [0.25, 0.3) is 0 Å². The minimum atomic E-state index is 0.307. The zero-order chi connectivity index (χ0) is 16.0. The van der Waals surface area contributed by atoms with Crippen LogP contribution in [0.5, 0.6) is 0 Å². The van der Waals surface area contributed by atoms with Crippen LogP contribution in [0.25, 0.3) is 0 Å². The van der Waals surface area contributed by atoms with Crippen LogP contribution < -0.4 is 0 Å². The lowest BCUT2D eigenvalue weighted by Gasteiger charge is -2.36. The molecule has 0 radical (unpaired) electrons. The summed E-state index contributed by atoms with van der Waals surface area (Å²) in [5.74, 6) is 1.93. The molecule has 3 saturated heterocycles. The maximum atomic E-state index is 12.8. The first-order valence-corrected chi connectivity index (χ1v) is 9.85. The Morgan fingerprint density at radius 2 is 2.00 bits per heavy atom. The smallest absolute Gasteiger partial charge is 0.227 e. The van der Waals surface area contributed by atoms with Gasteiger partial charge in [-0.15, -0.1) is 11.3 Å². The predicted molar refractivity (Wildman–Crippen MR) is 92.7 cm³/mol. The molecule has 2 atom stereocenters. The summed E-state index contributed by atoms with van der Waals surface area (Å²) in [5, 5.41) is 1.07. The molecule has 1 saturated carbocycles. The molecular formula is C18H27N3OS. The van der Waals surface area contributed by atoms with Crippen molar-refractivity contribution in [2.45, 2.75) is 52.0 Å². The first-order chi connectivity index (χ1) is 11.1. The molecular weight excluding hydrogens is 306 g/mol. The summed E-state index contributed by atoms with van der Waals surface area (Å²) in [6.07, 6.45) is 5.95. The van der Waals surface area contributed by atoms with Crippen LogP contribution in [0.15, 0.2) is 0 Å². The number of aromatic nitrogens is 1. The van der Waals surface area contributed by atoms with Gasteiger partial charge in [-0.2, -0.15) is 0 Å². The third-order valence-electron chi connectivity index (χ3n) is 5.68. The highest BCUT2D eigenvalue weighted by atomic mass is 32.1. The van der Waals surface area contributed by atoms with Crippen LogP contribution in [0.1, 0.15) is 41.3 Å². The van der Waals surface area contributed by atoms with Gasteiger partial charge in [0.1, 0.15) is 0 Å². The molecule has 1 aromatic rings. The number of carbonyl (C=O) groups is 1. The van der Waals surface area contributed by atoms with Crippen LogP contribution in [0.4, 0.5) is 0 Å². The Kier molecular flexibility index (Phi) is 4.18. The number of rotatable bonds is 4. The Morgan fingerprint density at radius 1 is 1.17 bits per heavy atom. The maximum Gasteiger partial charge on any atom is 0.227 e. The van der Waals surface area contributed by atoms with Crippen molar-refractivity contribution in [2.24, 2.45) is 11.8 Å². The van der Waals surface area contributed by atoms with E-state index in [1.807, 2.05) is 13.8 Å². The standard InChI is InChI=1S/C18H27N3OS/c1-12-17(23-13(2)19-12)7-18(22)21-10-15-5-6-16(11-21)20(9-15)8-14-3-4-14/h14-16H,3-11H2,1-2H3/t15-,16-/m0/s1. The second kappa shape index (κ2) is 6.17. The van der Waals surface area contributed by atoms with E-state index < -0.39 is 0 Å². The Bertz CT molecular complexity index is 595. The summed E-state index contributed by atoms with van der Waals surface area (Å²) in [7, 11) is 0. The maximum absolute atomic E-state index is 12.8. The molecule has 5 rings (SSSR count). The number of aryl methyl sites for hydroxylation is 2. The second-order valence-corrected chi connectivity index (χ2v) is 9.00. The highest BCUT2D eigenvalue weighted by Gasteiger charge is 2.38. The lowest BCUT2D eigenvalue weighted by Crippen LogP contribution is -2.45. The zero-order valence-corrected chi connectivity index (χ0v) is 15.1. The highest BCUT2D eigenvalue weighted by molar-refractivity contribution is 7.11. The molecule has 1 aliphatic carbocycles. The van der Waals surface area contributed by atoms with Crippen LogP contribution in [-0.2, 0) is 11.2 Å².